The Morgan fingerprint density at radius 1 is 1.42 bits per heavy atom. The predicted molar refractivity (Wildman–Crippen MR) is 71.6 cm³/mol. The maximum atomic E-state index is 11.5. The minimum absolute atomic E-state index is 0. The van der Waals surface area contributed by atoms with E-state index in [1.807, 2.05) is 13.8 Å². The van der Waals surface area contributed by atoms with Crippen molar-refractivity contribution in [3.05, 3.63) is 48.9 Å². The van der Waals surface area contributed by atoms with Crippen molar-refractivity contribution >= 4 is 14.3 Å². The molecule has 0 radical (unpaired) electrons. The molecule has 1 unspecified atom stereocenters. The average Bonchev–Trinajstić information content (AvgIpc) is 2.37. The minimum atomic E-state index is -2.41. The number of hydrogen-bond acceptors (Lipinski definition) is 4. The Balaban J connectivity index is -0.000000809. The van der Waals surface area contributed by atoms with Gasteiger partial charge in [-0.3, -0.25) is 10.0 Å². The molecule has 0 heterocycles. The van der Waals surface area contributed by atoms with Crippen LogP contribution in [0.2, 0.25) is 0 Å². The van der Waals surface area contributed by atoms with Gasteiger partial charge in [0, 0.05) is 5.57 Å². The third-order valence-electron chi connectivity index (χ3n) is 1.51. The summed E-state index contributed by atoms with van der Waals surface area (Å²) in [4.78, 5) is 30.2. The first-order chi connectivity index (χ1) is 8.52. The molecule has 1 atom stereocenters. The number of amides is 1. The van der Waals surface area contributed by atoms with E-state index < -0.39 is 14.3 Å². The summed E-state index contributed by atoms with van der Waals surface area (Å²) >= 11 is 0. The van der Waals surface area contributed by atoms with Crippen molar-refractivity contribution in [1.29, 1.82) is 0 Å². The number of carbonyl (C=O) groups is 1. The zero-order valence-corrected chi connectivity index (χ0v) is 14.5. The molecule has 0 aromatic heterocycles. The van der Waals surface area contributed by atoms with E-state index in [0.29, 0.717) is 5.06 Å². The predicted octanol–water partition coefficient (Wildman–Crippen LogP) is -1.29. The Morgan fingerprint density at radius 2 is 1.95 bits per heavy atom. The molecule has 0 bridgehead atoms. The van der Waals surface area contributed by atoms with E-state index >= 15 is 0 Å². The van der Waals surface area contributed by atoms with E-state index in [2.05, 4.69) is 13.2 Å². The summed E-state index contributed by atoms with van der Waals surface area (Å²) in [6.07, 6.45) is 5.28. The Labute approximate surface area is 137 Å². The summed E-state index contributed by atoms with van der Waals surface area (Å²) in [5.74, 6) is 0.323. The molecule has 19 heavy (non-hydrogen) atoms. The van der Waals surface area contributed by atoms with Gasteiger partial charge in [0.05, 0.1) is 6.54 Å². The third-order valence-corrected chi connectivity index (χ3v) is 1.98. The van der Waals surface area contributed by atoms with E-state index in [4.69, 9.17) is 4.89 Å². The molecule has 0 saturated heterocycles. The van der Waals surface area contributed by atoms with Crippen LogP contribution in [-0.2, 0) is 4.79 Å². The fraction of sp³-hybridized carbons (Fsp3) is 0.250. The Hall–Kier alpha value is -0.260. The van der Waals surface area contributed by atoms with Crippen LogP contribution in [0, 0.1) is 0 Å². The van der Waals surface area contributed by atoms with Crippen molar-refractivity contribution in [2.75, 3.05) is 6.54 Å². The van der Waals surface area contributed by atoms with Crippen molar-refractivity contribution < 1.29 is 49.3 Å². The van der Waals surface area contributed by atoms with Crippen molar-refractivity contribution in [3.8, 4) is 0 Å². The van der Waals surface area contributed by atoms with Gasteiger partial charge < -0.3 is 9.79 Å². The largest absolute Gasteiger partial charge is 1.00 e. The van der Waals surface area contributed by atoms with Crippen LogP contribution >= 0.6 is 8.38 Å². The molecule has 7 heteroatoms. The maximum absolute atomic E-state index is 11.5. The number of hydroxylamine groups is 2. The van der Waals surface area contributed by atoms with Gasteiger partial charge in [0.2, 0.25) is 0 Å². The molecule has 0 saturated carbocycles. The van der Waals surface area contributed by atoms with E-state index in [1.54, 1.807) is 0 Å². The van der Waals surface area contributed by atoms with Crippen LogP contribution in [0.3, 0.4) is 0 Å². The van der Waals surface area contributed by atoms with Crippen LogP contribution in [0.1, 0.15) is 13.8 Å². The van der Waals surface area contributed by atoms with Gasteiger partial charge in [0.1, 0.15) is 0 Å². The first kappa shape index (κ1) is 23.8. The maximum Gasteiger partial charge on any atom is 1.00 e. The average molecular weight is 295 g/mol. The molecule has 5 nitrogen and oxygen atoms in total. The second-order valence-corrected chi connectivity index (χ2v) is 3.54. The molecule has 2 N–H and O–H groups in total. The summed E-state index contributed by atoms with van der Waals surface area (Å²) < 4.78 is 0. The molecular weight excluding hydrogens is 276 g/mol. The third kappa shape index (κ3) is 12.5. The van der Waals surface area contributed by atoms with Crippen molar-refractivity contribution in [2.45, 2.75) is 13.8 Å². The molecule has 1 amide bonds. The summed E-state index contributed by atoms with van der Waals surface area (Å²) in [5.41, 5.74) is 0.180. The van der Waals surface area contributed by atoms with Crippen LogP contribution < -0.4 is 34.5 Å². The van der Waals surface area contributed by atoms with Crippen molar-refractivity contribution in [3.63, 3.8) is 0 Å². The number of rotatable bonds is 6. The van der Waals surface area contributed by atoms with Crippen LogP contribution in [0.4, 0.5) is 0 Å². The van der Waals surface area contributed by atoms with E-state index in [1.165, 1.54) is 24.3 Å². The Bertz CT molecular complexity index is 330. The smallest absolute Gasteiger partial charge is 0.805 e. The van der Waals surface area contributed by atoms with Crippen LogP contribution in [-0.4, -0.2) is 27.6 Å². The monoisotopic (exact) mass is 295 g/mol. The Kier molecular flexibility index (Phi) is 19.8. The topological polar surface area (TPSA) is 83.8 Å². The van der Waals surface area contributed by atoms with Gasteiger partial charge in [-0.15, -0.1) is 0 Å². The SMILES string of the molecule is C=C/C=C(\C=C)C(=O)N(O)C/C=C/P([O-])O.CC.[Na+]. The number of hydrogen-bond donors (Lipinski definition) is 2. The van der Waals surface area contributed by atoms with Gasteiger partial charge in [-0.05, 0) is 14.5 Å². The minimum Gasteiger partial charge on any atom is -0.805 e. The molecule has 0 spiro atoms. The first-order valence-electron chi connectivity index (χ1n) is 5.30. The summed E-state index contributed by atoms with van der Waals surface area (Å²) in [6, 6.07) is 0. The second-order valence-electron chi connectivity index (χ2n) is 2.64. The van der Waals surface area contributed by atoms with Crippen LogP contribution in [0.25, 0.3) is 0 Å². The summed E-state index contributed by atoms with van der Waals surface area (Å²) in [6.45, 7) is 10.6. The first-order valence-corrected chi connectivity index (χ1v) is 6.59. The van der Waals surface area contributed by atoms with Gasteiger partial charge in [-0.25, -0.2) is 5.06 Å². The molecule has 0 aliphatic heterocycles. The zero-order valence-electron chi connectivity index (χ0n) is 11.6. The normalized spacial score (nSPS) is 11.7. The van der Waals surface area contributed by atoms with Gasteiger partial charge in [-0.1, -0.05) is 51.1 Å². The molecule has 0 aliphatic carbocycles. The molecule has 0 aromatic carbocycles. The fourth-order valence-electron chi connectivity index (χ4n) is 0.823. The number of allylic oxidation sites excluding steroid dienone is 2. The number of nitrogens with zero attached hydrogens (tertiary/aromatic N) is 1. The van der Waals surface area contributed by atoms with Crippen molar-refractivity contribution in [2.24, 2.45) is 0 Å². The van der Waals surface area contributed by atoms with Gasteiger partial charge in [0.25, 0.3) is 5.91 Å². The molecule has 0 aromatic rings. The zero-order chi connectivity index (χ0) is 14.6. The van der Waals surface area contributed by atoms with Gasteiger partial charge in [0.15, 0.2) is 0 Å². The summed E-state index contributed by atoms with van der Waals surface area (Å²) in [5, 5.41) is 9.70. The Morgan fingerprint density at radius 3 is 2.32 bits per heavy atom. The van der Waals surface area contributed by atoms with E-state index in [9.17, 15) is 14.9 Å². The summed E-state index contributed by atoms with van der Waals surface area (Å²) in [7, 11) is -2.41. The van der Waals surface area contributed by atoms with Crippen LogP contribution in [0.15, 0.2) is 48.9 Å². The standard InChI is InChI=1S/C10H13NO4P.C2H6.Na/c1-3-6-9(4-2)10(12)11(13)7-5-8-16(14)15;1-2;/h3-6,8,13-14H,1-2,7H2;1-2H3;/q-1;;+1/b8-5+,9-6+;;. The molecule has 0 fully saturated rings. The van der Waals surface area contributed by atoms with E-state index in [-0.39, 0.29) is 41.7 Å². The quantitative estimate of drug-likeness (QED) is 0.159. The number of carbonyl (C=O) groups excluding carboxylic acids is 1. The molecular formula is C12H19NNaO4P. The van der Waals surface area contributed by atoms with Crippen LogP contribution in [0.5, 0.6) is 0 Å². The fourth-order valence-corrected chi connectivity index (χ4v) is 1.10. The van der Waals surface area contributed by atoms with E-state index in [0.717, 1.165) is 5.82 Å². The van der Waals surface area contributed by atoms with Crippen molar-refractivity contribution in [1.82, 2.24) is 5.06 Å². The second kappa shape index (κ2) is 15.8. The van der Waals surface area contributed by atoms with Gasteiger partial charge >= 0.3 is 29.6 Å². The molecule has 0 aliphatic rings. The molecule has 102 valence electrons. The molecule has 0 rings (SSSR count). The van der Waals surface area contributed by atoms with Gasteiger partial charge in [-0.2, -0.15) is 0 Å².